The topological polar surface area (TPSA) is 12.4 Å². The van der Waals surface area contributed by atoms with E-state index in [2.05, 4.69) is 12.3 Å². The normalized spacial score (nSPS) is 40.1. The fourth-order valence-electron chi connectivity index (χ4n) is 5.07. The van der Waals surface area contributed by atoms with Crippen LogP contribution in [0.2, 0.25) is 0 Å². The van der Waals surface area contributed by atoms with Crippen molar-refractivity contribution in [2.24, 2.45) is 22.7 Å². The van der Waals surface area contributed by atoms with Gasteiger partial charge in [0.25, 0.3) is 0 Å². The molecule has 4 bridgehead atoms. The Morgan fingerprint density at radius 3 is 2.26 bits per heavy atom. The molecule has 0 atom stereocenters. The Morgan fingerprint density at radius 2 is 1.68 bits per heavy atom. The molecule has 4 aliphatic carbocycles. The third-order valence-electron chi connectivity index (χ3n) is 5.40. The largest absolute Gasteiger partial charge is 0.286 e. The van der Waals surface area contributed by atoms with Gasteiger partial charge in [0.15, 0.2) is 0 Å². The fourth-order valence-corrected chi connectivity index (χ4v) is 5.07. The number of hydrogen-bond acceptors (Lipinski definition) is 1. The van der Waals surface area contributed by atoms with Gasteiger partial charge in [0.1, 0.15) is 7.85 Å². The van der Waals surface area contributed by atoms with Crippen LogP contribution in [0.3, 0.4) is 0 Å². The molecule has 0 saturated heterocycles. The van der Waals surface area contributed by atoms with Gasteiger partial charge >= 0.3 is 0 Å². The van der Waals surface area contributed by atoms with Gasteiger partial charge in [0.2, 0.25) is 0 Å². The van der Waals surface area contributed by atoms with Crippen LogP contribution in [0.4, 0.5) is 0 Å². The Labute approximate surface area is 116 Å². The Hall–Kier alpha value is -1.05. The lowest BCUT2D eigenvalue weighted by molar-refractivity contribution is 0.00195. The van der Waals surface area contributed by atoms with E-state index in [1.807, 2.05) is 18.2 Å². The molecule has 4 saturated carbocycles. The maximum atomic E-state index is 5.83. The van der Waals surface area contributed by atoms with Crippen LogP contribution in [0.25, 0.3) is 0 Å². The summed E-state index contributed by atoms with van der Waals surface area (Å²) in [6.45, 7) is 0. The average Bonchev–Trinajstić information content (AvgIpc) is 2.35. The van der Waals surface area contributed by atoms with Crippen molar-refractivity contribution < 1.29 is 0 Å². The van der Waals surface area contributed by atoms with E-state index in [4.69, 9.17) is 12.8 Å². The van der Waals surface area contributed by atoms with Gasteiger partial charge < -0.3 is 0 Å². The minimum atomic E-state index is 0.277. The average molecular weight is 249 g/mol. The molecule has 96 valence electrons. The van der Waals surface area contributed by atoms with Gasteiger partial charge in [0, 0.05) is 6.21 Å². The summed E-state index contributed by atoms with van der Waals surface area (Å²) in [4.78, 5) is 5.05. The number of hydrogen-bond donors (Lipinski definition) is 0. The summed E-state index contributed by atoms with van der Waals surface area (Å²) < 4.78 is 0. The van der Waals surface area contributed by atoms with Crippen molar-refractivity contribution in [3.05, 3.63) is 29.8 Å². The molecule has 1 aromatic rings. The smallest absolute Gasteiger partial charge is 0.113 e. The van der Waals surface area contributed by atoms with Crippen LogP contribution in [0.1, 0.15) is 44.1 Å². The zero-order chi connectivity index (χ0) is 12.9. The van der Waals surface area contributed by atoms with E-state index in [1.54, 1.807) is 0 Å². The molecule has 4 fully saturated rings. The highest BCUT2D eigenvalue weighted by Crippen LogP contribution is 2.57. The van der Waals surface area contributed by atoms with Crippen LogP contribution in [0, 0.1) is 17.8 Å². The SMILES string of the molecule is [B]c1cccc(C=NC23CC4CC(CC(C4)C2)C3)c1. The summed E-state index contributed by atoms with van der Waals surface area (Å²) >= 11 is 0. The van der Waals surface area contributed by atoms with Crippen LogP contribution in [0.15, 0.2) is 29.3 Å². The highest BCUT2D eigenvalue weighted by atomic mass is 14.9. The second-order valence-corrected chi connectivity index (χ2v) is 7.07. The minimum Gasteiger partial charge on any atom is -0.286 e. The maximum Gasteiger partial charge on any atom is 0.113 e. The van der Waals surface area contributed by atoms with Gasteiger partial charge in [-0.25, -0.2) is 0 Å². The third kappa shape index (κ3) is 2.15. The molecule has 2 heteroatoms. The Kier molecular flexibility index (Phi) is 2.61. The summed E-state index contributed by atoms with van der Waals surface area (Å²) in [5, 5.41) is 0. The van der Waals surface area contributed by atoms with Gasteiger partial charge in [-0.2, -0.15) is 0 Å². The molecule has 0 spiro atoms. The van der Waals surface area contributed by atoms with E-state index < -0.39 is 0 Å². The van der Waals surface area contributed by atoms with E-state index >= 15 is 0 Å². The van der Waals surface area contributed by atoms with Gasteiger partial charge in [0.05, 0.1) is 5.54 Å². The summed E-state index contributed by atoms with van der Waals surface area (Å²) in [7, 11) is 5.83. The number of nitrogens with zero attached hydrogens (tertiary/aromatic N) is 1. The molecule has 0 unspecified atom stereocenters. The van der Waals surface area contributed by atoms with Crippen LogP contribution in [0.5, 0.6) is 0 Å². The van der Waals surface area contributed by atoms with Crippen molar-refractivity contribution in [1.82, 2.24) is 0 Å². The van der Waals surface area contributed by atoms with Crippen LogP contribution >= 0.6 is 0 Å². The second-order valence-electron chi connectivity index (χ2n) is 7.07. The van der Waals surface area contributed by atoms with E-state index in [1.165, 1.54) is 38.5 Å². The first-order chi connectivity index (χ1) is 9.21. The lowest BCUT2D eigenvalue weighted by atomic mass is 9.53. The number of rotatable bonds is 2. The van der Waals surface area contributed by atoms with Crippen molar-refractivity contribution in [3.8, 4) is 0 Å². The predicted molar refractivity (Wildman–Crippen MR) is 80.3 cm³/mol. The quantitative estimate of drug-likeness (QED) is 0.564. The molecule has 0 aromatic heterocycles. The van der Waals surface area contributed by atoms with Crippen LogP contribution < -0.4 is 5.46 Å². The molecule has 0 heterocycles. The molecule has 0 aliphatic heterocycles. The zero-order valence-electron chi connectivity index (χ0n) is 11.4. The monoisotopic (exact) mass is 249 g/mol. The molecule has 4 aliphatic rings. The van der Waals surface area contributed by atoms with Crippen molar-refractivity contribution >= 4 is 19.5 Å². The Morgan fingerprint density at radius 1 is 1.05 bits per heavy atom. The highest BCUT2D eigenvalue weighted by molar-refractivity contribution is 6.32. The van der Waals surface area contributed by atoms with E-state index in [9.17, 15) is 0 Å². The first-order valence-electron chi connectivity index (χ1n) is 7.62. The van der Waals surface area contributed by atoms with Gasteiger partial charge in [-0.15, -0.1) is 0 Å². The lowest BCUT2D eigenvalue weighted by Crippen LogP contribution is -2.49. The van der Waals surface area contributed by atoms with Gasteiger partial charge in [-0.3, -0.25) is 4.99 Å². The molecular formula is C17H20BN. The molecule has 5 rings (SSSR count). The molecule has 0 N–H and O–H groups in total. The fraction of sp³-hybridized carbons (Fsp3) is 0.588. The van der Waals surface area contributed by atoms with E-state index in [-0.39, 0.29) is 5.54 Å². The number of benzene rings is 1. The van der Waals surface area contributed by atoms with Crippen molar-refractivity contribution in [2.45, 2.75) is 44.1 Å². The highest BCUT2D eigenvalue weighted by Gasteiger charge is 2.50. The molecule has 1 aromatic carbocycles. The maximum absolute atomic E-state index is 5.83. The van der Waals surface area contributed by atoms with E-state index in [0.29, 0.717) is 0 Å². The first kappa shape index (κ1) is 11.8. The standard InChI is InChI=1S/C17H20BN/c18-16-3-1-2-12(7-16)11-19-17-8-13-4-14(9-17)6-15(5-13)10-17/h1-3,7,11,13-15H,4-6,8-10H2. The van der Waals surface area contributed by atoms with Crippen molar-refractivity contribution in [2.75, 3.05) is 0 Å². The summed E-state index contributed by atoms with van der Waals surface area (Å²) in [5.41, 5.74) is 2.25. The van der Waals surface area contributed by atoms with Crippen LogP contribution in [-0.4, -0.2) is 19.6 Å². The van der Waals surface area contributed by atoms with Crippen molar-refractivity contribution in [1.29, 1.82) is 0 Å². The predicted octanol–water partition coefficient (Wildman–Crippen LogP) is 2.87. The van der Waals surface area contributed by atoms with Crippen LogP contribution in [-0.2, 0) is 0 Å². The second kappa shape index (κ2) is 4.23. The molecular weight excluding hydrogens is 229 g/mol. The summed E-state index contributed by atoms with van der Waals surface area (Å²) in [5.74, 6) is 2.89. The zero-order valence-corrected chi connectivity index (χ0v) is 11.4. The molecule has 1 nitrogen and oxygen atoms in total. The minimum absolute atomic E-state index is 0.277. The lowest BCUT2D eigenvalue weighted by Gasteiger charge is -2.55. The first-order valence-corrected chi connectivity index (χ1v) is 7.62. The Bertz CT molecular complexity index is 484. The Balaban J connectivity index is 1.59. The third-order valence-corrected chi connectivity index (χ3v) is 5.40. The van der Waals surface area contributed by atoms with Gasteiger partial charge in [-0.1, -0.05) is 29.7 Å². The molecule has 2 radical (unpaired) electrons. The number of aliphatic imine (C=N–C) groups is 1. The summed E-state index contributed by atoms with van der Waals surface area (Å²) in [6.07, 6.45) is 10.5. The summed E-state index contributed by atoms with van der Waals surface area (Å²) in [6, 6.07) is 8.06. The molecule has 0 amide bonds. The van der Waals surface area contributed by atoms with Crippen molar-refractivity contribution in [3.63, 3.8) is 0 Å². The van der Waals surface area contributed by atoms with Gasteiger partial charge in [-0.05, 0) is 61.8 Å². The molecule has 19 heavy (non-hydrogen) atoms. The van der Waals surface area contributed by atoms with E-state index in [0.717, 1.165) is 28.8 Å².